The van der Waals surface area contributed by atoms with Crippen LogP contribution in [0, 0.1) is 0 Å². The van der Waals surface area contributed by atoms with Gasteiger partial charge in [0.15, 0.2) is 5.78 Å². The molecule has 3 rings (SSSR count). The van der Waals surface area contributed by atoms with Gasteiger partial charge >= 0.3 is 0 Å². The van der Waals surface area contributed by atoms with Crippen molar-refractivity contribution in [2.45, 2.75) is 0 Å². The second kappa shape index (κ2) is 7.32. The molecule has 1 aliphatic rings. The Balaban J connectivity index is 1.70. The number of ketones is 1. The summed E-state index contributed by atoms with van der Waals surface area (Å²) in [5.74, 6) is -0.204. The van der Waals surface area contributed by atoms with E-state index in [1.54, 1.807) is 12.1 Å². The molecular weight excluding hydrogens is 300 g/mol. The highest BCUT2D eigenvalue weighted by Gasteiger charge is 2.14. The minimum absolute atomic E-state index is 0.0104. The Morgan fingerprint density at radius 2 is 1.54 bits per heavy atom. The number of likely N-dealkylation sites (N-methyl/N-ethyl adjacent to an activating group) is 1. The van der Waals surface area contributed by atoms with Crippen molar-refractivity contribution in [2.24, 2.45) is 0 Å². The van der Waals surface area contributed by atoms with E-state index in [9.17, 15) is 9.90 Å². The summed E-state index contributed by atoms with van der Waals surface area (Å²) in [6.07, 6.45) is 1.28. The quantitative estimate of drug-likeness (QED) is 0.533. The lowest BCUT2D eigenvalue weighted by Crippen LogP contribution is -2.44. The fourth-order valence-electron chi connectivity index (χ4n) is 2.80. The second-order valence-electron chi connectivity index (χ2n) is 6.10. The first-order valence-corrected chi connectivity index (χ1v) is 8.17. The van der Waals surface area contributed by atoms with E-state index in [2.05, 4.69) is 16.8 Å². The van der Waals surface area contributed by atoms with Gasteiger partial charge in [0.1, 0.15) is 5.76 Å². The van der Waals surface area contributed by atoms with Crippen LogP contribution < -0.4 is 4.90 Å². The number of aliphatic hydroxyl groups excluding tert-OH is 1. The van der Waals surface area contributed by atoms with Crippen molar-refractivity contribution in [3.63, 3.8) is 0 Å². The van der Waals surface area contributed by atoms with Crippen molar-refractivity contribution in [1.82, 2.24) is 4.90 Å². The highest BCUT2D eigenvalue weighted by atomic mass is 16.3. The number of hydrogen-bond acceptors (Lipinski definition) is 4. The maximum Gasteiger partial charge on any atom is 0.189 e. The first kappa shape index (κ1) is 16.3. The summed E-state index contributed by atoms with van der Waals surface area (Å²) >= 11 is 0. The molecule has 0 aromatic heterocycles. The van der Waals surface area contributed by atoms with Gasteiger partial charge < -0.3 is 14.9 Å². The largest absolute Gasteiger partial charge is 0.507 e. The van der Waals surface area contributed by atoms with Crippen LogP contribution in [0.25, 0.3) is 5.76 Å². The molecule has 1 saturated heterocycles. The minimum atomic E-state index is -0.193. The lowest BCUT2D eigenvalue weighted by Gasteiger charge is -2.34. The molecular formula is C20H22N2O2. The van der Waals surface area contributed by atoms with Crippen LogP contribution in [0.15, 0.2) is 60.7 Å². The molecule has 4 nitrogen and oxygen atoms in total. The Hall–Kier alpha value is -2.59. The van der Waals surface area contributed by atoms with Crippen LogP contribution >= 0.6 is 0 Å². The van der Waals surface area contributed by atoms with Gasteiger partial charge in [-0.1, -0.05) is 30.3 Å². The van der Waals surface area contributed by atoms with Crippen LogP contribution in [-0.4, -0.2) is 49.0 Å². The number of carbonyl (C=O) groups excluding carboxylic acids is 1. The number of hydrogen-bond donors (Lipinski definition) is 1. The average Bonchev–Trinajstić information content (AvgIpc) is 2.63. The standard InChI is InChI=1S/C20H22N2O2/c1-21-11-13-22(14-12-21)18-9-7-17(8-10-18)20(24)15-19(23)16-5-3-2-4-6-16/h2-10,15,23H,11-14H2,1H3/b19-15-. The average molecular weight is 322 g/mol. The highest BCUT2D eigenvalue weighted by molar-refractivity contribution is 6.07. The summed E-state index contributed by atoms with van der Waals surface area (Å²) in [4.78, 5) is 16.9. The van der Waals surface area contributed by atoms with E-state index in [1.807, 2.05) is 42.5 Å². The van der Waals surface area contributed by atoms with E-state index in [0.717, 1.165) is 31.9 Å². The summed E-state index contributed by atoms with van der Waals surface area (Å²) in [6, 6.07) is 16.7. The van der Waals surface area contributed by atoms with Gasteiger partial charge in [0.05, 0.1) is 0 Å². The Bertz CT molecular complexity index is 715. The smallest absolute Gasteiger partial charge is 0.189 e. The molecule has 0 amide bonds. The molecule has 1 aliphatic heterocycles. The SMILES string of the molecule is CN1CCN(c2ccc(C(=O)/C=C(\O)c3ccccc3)cc2)CC1. The zero-order valence-electron chi connectivity index (χ0n) is 13.9. The Morgan fingerprint density at radius 3 is 2.17 bits per heavy atom. The third kappa shape index (κ3) is 3.84. The van der Waals surface area contributed by atoms with E-state index >= 15 is 0 Å². The molecule has 124 valence electrons. The summed E-state index contributed by atoms with van der Waals surface area (Å²) in [6.45, 7) is 4.10. The molecule has 0 aliphatic carbocycles. The lowest BCUT2D eigenvalue weighted by molar-refractivity contribution is 0.104. The van der Waals surface area contributed by atoms with Crippen molar-refractivity contribution < 1.29 is 9.90 Å². The molecule has 1 fully saturated rings. The summed E-state index contributed by atoms with van der Waals surface area (Å²) in [7, 11) is 2.13. The van der Waals surface area contributed by atoms with Gasteiger partial charge in [-0.25, -0.2) is 0 Å². The molecule has 0 bridgehead atoms. The van der Waals surface area contributed by atoms with E-state index in [1.165, 1.54) is 6.08 Å². The van der Waals surface area contributed by atoms with Crippen LogP contribution in [0.2, 0.25) is 0 Å². The zero-order chi connectivity index (χ0) is 16.9. The predicted octanol–water partition coefficient (Wildman–Crippen LogP) is 3.22. The summed E-state index contributed by atoms with van der Waals surface area (Å²) < 4.78 is 0. The topological polar surface area (TPSA) is 43.8 Å². The normalized spacial score (nSPS) is 16.2. The van der Waals surface area contributed by atoms with Crippen LogP contribution in [0.5, 0.6) is 0 Å². The molecule has 0 unspecified atom stereocenters. The number of nitrogens with zero attached hydrogens (tertiary/aromatic N) is 2. The third-order valence-electron chi connectivity index (χ3n) is 4.36. The number of carbonyl (C=O) groups is 1. The van der Waals surface area contributed by atoms with Crippen molar-refractivity contribution in [3.8, 4) is 0 Å². The number of aliphatic hydroxyl groups is 1. The van der Waals surface area contributed by atoms with E-state index in [4.69, 9.17) is 0 Å². The molecule has 0 atom stereocenters. The number of rotatable bonds is 4. The van der Waals surface area contributed by atoms with Gasteiger partial charge in [-0.05, 0) is 31.3 Å². The van der Waals surface area contributed by atoms with Crippen molar-refractivity contribution in [3.05, 3.63) is 71.8 Å². The van der Waals surface area contributed by atoms with Gasteiger partial charge in [0.2, 0.25) is 0 Å². The minimum Gasteiger partial charge on any atom is -0.507 e. The number of benzene rings is 2. The van der Waals surface area contributed by atoms with Crippen molar-refractivity contribution in [2.75, 3.05) is 38.1 Å². The molecule has 2 aromatic rings. The molecule has 1 heterocycles. The molecule has 1 N–H and O–H groups in total. The van der Waals surface area contributed by atoms with Gasteiger partial charge in [-0.3, -0.25) is 4.79 Å². The number of piperazine rings is 1. The zero-order valence-corrected chi connectivity index (χ0v) is 13.9. The predicted molar refractivity (Wildman–Crippen MR) is 97.5 cm³/mol. The van der Waals surface area contributed by atoms with Crippen molar-refractivity contribution >= 4 is 17.2 Å². The fourth-order valence-corrected chi connectivity index (χ4v) is 2.80. The third-order valence-corrected chi connectivity index (χ3v) is 4.36. The summed E-state index contributed by atoms with van der Waals surface area (Å²) in [5, 5.41) is 10.1. The molecule has 24 heavy (non-hydrogen) atoms. The molecule has 0 radical (unpaired) electrons. The van der Waals surface area contributed by atoms with E-state index in [0.29, 0.717) is 11.1 Å². The first-order chi connectivity index (χ1) is 11.6. The molecule has 0 spiro atoms. The van der Waals surface area contributed by atoms with Gasteiger partial charge in [0.25, 0.3) is 0 Å². The van der Waals surface area contributed by atoms with Crippen molar-refractivity contribution in [1.29, 1.82) is 0 Å². The van der Waals surface area contributed by atoms with Gasteiger partial charge in [-0.15, -0.1) is 0 Å². The Morgan fingerprint density at radius 1 is 0.917 bits per heavy atom. The van der Waals surface area contributed by atoms with Crippen LogP contribution in [-0.2, 0) is 0 Å². The first-order valence-electron chi connectivity index (χ1n) is 8.17. The van der Waals surface area contributed by atoms with Gasteiger partial charge in [-0.2, -0.15) is 0 Å². The maximum atomic E-state index is 12.3. The van der Waals surface area contributed by atoms with Crippen LogP contribution in [0.1, 0.15) is 15.9 Å². The van der Waals surface area contributed by atoms with Crippen LogP contribution in [0.3, 0.4) is 0 Å². The molecule has 0 saturated carbocycles. The summed E-state index contributed by atoms with van der Waals surface area (Å²) in [5.41, 5.74) is 2.35. The van der Waals surface area contributed by atoms with Gasteiger partial charge in [0, 0.05) is 49.1 Å². The van der Waals surface area contributed by atoms with Crippen LogP contribution in [0.4, 0.5) is 5.69 Å². The lowest BCUT2D eigenvalue weighted by atomic mass is 10.1. The number of anilines is 1. The highest BCUT2D eigenvalue weighted by Crippen LogP contribution is 2.18. The maximum absolute atomic E-state index is 12.3. The fraction of sp³-hybridized carbons (Fsp3) is 0.250. The number of allylic oxidation sites excluding steroid dienone is 1. The molecule has 4 heteroatoms. The Labute approximate surface area is 142 Å². The van der Waals surface area contributed by atoms with E-state index in [-0.39, 0.29) is 11.5 Å². The monoisotopic (exact) mass is 322 g/mol. The van der Waals surface area contributed by atoms with E-state index < -0.39 is 0 Å². The molecule has 2 aromatic carbocycles. The second-order valence-corrected chi connectivity index (χ2v) is 6.10. The Kier molecular flexibility index (Phi) is 4.96.